The summed E-state index contributed by atoms with van der Waals surface area (Å²) in [4.78, 5) is 11.0. The summed E-state index contributed by atoms with van der Waals surface area (Å²) >= 11 is 12.8. The molecule has 0 amide bonds. The molecule has 0 aliphatic carbocycles. The lowest BCUT2D eigenvalue weighted by atomic mass is 10.2. The predicted octanol–water partition coefficient (Wildman–Crippen LogP) is 4.18. The topological polar surface area (TPSA) is 64.4 Å². The van der Waals surface area contributed by atoms with Crippen LogP contribution < -0.4 is 4.74 Å². The molecule has 2 aromatic rings. The van der Waals surface area contributed by atoms with Crippen molar-refractivity contribution in [1.29, 1.82) is 0 Å². The zero-order valence-corrected chi connectivity index (χ0v) is 15.1. The van der Waals surface area contributed by atoms with Crippen LogP contribution in [0, 0.1) is 6.92 Å². The third-order valence-corrected chi connectivity index (χ3v) is 4.53. The highest BCUT2D eigenvalue weighted by Crippen LogP contribution is 2.36. The second-order valence-corrected chi connectivity index (χ2v) is 6.41. The lowest BCUT2D eigenvalue weighted by Crippen LogP contribution is -2.01. The van der Waals surface area contributed by atoms with E-state index in [1.54, 1.807) is 11.7 Å². The first-order valence-electron chi connectivity index (χ1n) is 5.84. The van der Waals surface area contributed by atoms with E-state index in [1.807, 2.05) is 6.92 Å². The Kier molecular flexibility index (Phi) is 4.95. The van der Waals surface area contributed by atoms with Crippen LogP contribution in [-0.2, 0) is 13.7 Å². The van der Waals surface area contributed by atoms with Gasteiger partial charge in [0.1, 0.15) is 17.5 Å². The quantitative estimate of drug-likeness (QED) is 0.778. The molecule has 5 nitrogen and oxygen atoms in total. The largest absolute Gasteiger partial charge is 0.486 e. The van der Waals surface area contributed by atoms with E-state index >= 15 is 0 Å². The molecule has 0 saturated carbocycles. The van der Waals surface area contributed by atoms with Gasteiger partial charge in [0, 0.05) is 12.6 Å². The third kappa shape index (κ3) is 3.41. The normalized spacial score (nSPS) is 10.7. The molecule has 0 saturated heterocycles. The number of hydrogen-bond acceptors (Lipinski definition) is 3. The monoisotopic (exact) mass is 436 g/mol. The molecule has 0 fully saturated rings. The van der Waals surface area contributed by atoms with Gasteiger partial charge in [-0.25, -0.2) is 4.79 Å². The highest BCUT2D eigenvalue weighted by Gasteiger charge is 2.16. The summed E-state index contributed by atoms with van der Waals surface area (Å²) in [6.45, 7) is 2.09. The van der Waals surface area contributed by atoms with Crippen molar-refractivity contribution in [1.82, 2.24) is 9.78 Å². The Bertz CT molecular complexity index is 693. The molecule has 0 aliphatic rings. The van der Waals surface area contributed by atoms with Crippen LogP contribution in [0.2, 0.25) is 5.15 Å². The third-order valence-electron chi connectivity index (χ3n) is 2.88. The Hall–Kier alpha value is -1.05. The predicted molar refractivity (Wildman–Crippen MR) is 86.1 cm³/mol. The Balaban J connectivity index is 2.26. The second kappa shape index (κ2) is 6.37. The van der Waals surface area contributed by atoms with Gasteiger partial charge in [-0.15, -0.1) is 0 Å². The molecule has 0 atom stereocenters. The average Bonchev–Trinajstić information content (AvgIpc) is 2.63. The van der Waals surface area contributed by atoms with Crippen LogP contribution in [0.25, 0.3) is 0 Å². The van der Waals surface area contributed by atoms with Crippen LogP contribution >= 0.6 is 43.5 Å². The van der Waals surface area contributed by atoms with Crippen molar-refractivity contribution in [2.24, 2.45) is 7.05 Å². The molecule has 1 N–H and O–H groups in total. The number of nitrogens with zero attached hydrogens (tertiary/aromatic N) is 2. The van der Waals surface area contributed by atoms with E-state index in [0.29, 0.717) is 19.8 Å². The summed E-state index contributed by atoms with van der Waals surface area (Å²) in [5.74, 6) is -0.492. The molecule has 0 spiro atoms. The summed E-state index contributed by atoms with van der Waals surface area (Å²) in [7, 11) is 1.76. The number of benzene rings is 1. The summed E-state index contributed by atoms with van der Waals surface area (Å²) in [6.07, 6.45) is 0. The average molecular weight is 439 g/mol. The van der Waals surface area contributed by atoms with Crippen molar-refractivity contribution in [3.63, 3.8) is 0 Å². The fraction of sp³-hybridized carbons (Fsp3) is 0.231. The highest BCUT2D eigenvalue weighted by molar-refractivity contribution is 9.11. The van der Waals surface area contributed by atoms with Crippen LogP contribution in [0.1, 0.15) is 21.6 Å². The number of carboxylic acids is 1. The van der Waals surface area contributed by atoms with Gasteiger partial charge in [-0.05, 0) is 50.9 Å². The van der Waals surface area contributed by atoms with Gasteiger partial charge in [0.25, 0.3) is 0 Å². The molecule has 1 aromatic heterocycles. The highest BCUT2D eigenvalue weighted by atomic mass is 79.9. The number of aryl methyl sites for hydroxylation is 2. The van der Waals surface area contributed by atoms with Crippen molar-refractivity contribution in [2.45, 2.75) is 13.5 Å². The summed E-state index contributed by atoms with van der Waals surface area (Å²) in [6, 6.07) is 2.97. The smallest absolute Gasteiger partial charge is 0.335 e. The van der Waals surface area contributed by atoms with Gasteiger partial charge in [0.15, 0.2) is 0 Å². The minimum absolute atomic E-state index is 0.164. The number of aromatic carboxylic acids is 1. The lowest BCUT2D eigenvalue weighted by Gasteiger charge is -2.11. The maximum Gasteiger partial charge on any atom is 0.335 e. The van der Waals surface area contributed by atoms with Crippen molar-refractivity contribution in [3.05, 3.63) is 43.1 Å². The van der Waals surface area contributed by atoms with Crippen LogP contribution in [0.4, 0.5) is 0 Å². The van der Waals surface area contributed by atoms with Gasteiger partial charge >= 0.3 is 5.97 Å². The summed E-state index contributed by atoms with van der Waals surface area (Å²) < 4.78 is 8.41. The fourth-order valence-electron chi connectivity index (χ4n) is 1.80. The van der Waals surface area contributed by atoms with Crippen LogP contribution in [-0.4, -0.2) is 20.9 Å². The first-order chi connectivity index (χ1) is 9.81. The zero-order chi connectivity index (χ0) is 15.7. The summed E-state index contributed by atoms with van der Waals surface area (Å²) in [5.41, 5.74) is 1.74. The molecular weight excluding hydrogens is 427 g/mol. The second-order valence-electron chi connectivity index (χ2n) is 4.34. The van der Waals surface area contributed by atoms with E-state index in [9.17, 15) is 4.79 Å². The lowest BCUT2D eigenvalue weighted by molar-refractivity contribution is 0.0696. The molecule has 21 heavy (non-hydrogen) atoms. The molecule has 0 aliphatic heterocycles. The number of hydrogen-bond donors (Lipinski definition) is 1. The first-order valence-corrected chi connectivity index (χ1v) is 7.80. The number of halogens is 3. The van der Waals surface area contributed by atoms with Gasteiger partial charge in [0.2, 0.25) is 0 Å². The number of rotatable bonds is 4. The van der Waals surface area contributed by atoms with Gasteiger partial charge < -0.3 is 9.84 Å². The zero-order valence-electron chi connectivity index (χ0n) is 11.2. The number of carbonyl (C=O) groups is 1. The van der Waals surface area contributed by atoms with Crippen LogP contribution in [0.3, 0.4) is 0 Å². The van der Waals surface area contributed by atoms with Crippen molar-refractivity contribution < 1.29 is 14.6 Å². The van der Waals surface area contributed by atoms with E-state index in [-0.39, 0.29) is 12.2 Å². The SMILES string of the molecule is Cc1nn(C)c(Cl)c1COc1c(Br)cc(C(=O)O)cc1Br. The van der Waals surface area contributed by atoms with Gasteiger partial charge in [0.05, 0.1) is 20.2 Å². The number of ether oxygens (including phenoxy) is 1. The van der Waals surface area contributed by atoms with E-state index in [0.717, 1.165) is 11.3 Å². The van der Waals surface area contributed by atoms with E-state index in [2.05, 4.69) is 37.0 Å². The van der Waals surface area contributed by atoms with Crippen LogP contribution in [0.5, 0.6) is 5.75 Å². The fourth-order valence-corrected chi connectivity index (χ4v) is 3.45. The Morgan fingerprint density at radius 3 is 2.43 bits per heavy atom. The van der Waals surface area contributed by atoms with Crippen molar-refractivity contribution in [2.75, 3.05) is 0 Å². The number of aromatic nitrogens is 2. The van der Waals surface area contributed by atoms with Gasteiger partial charge in [-0.3, -0.25) is 4.68 Å². The molecule has 0 bridgehead atoms. The maximum absolute atomic E-state index is 11.0. The standard InChI is InChI=1S/C13H11Br2ClN2O3/c1-6-8(12(16)18(2)17-6)5-21-11-9(14)3-7(13(19)20)4-10(11)15/h3-4H,5H2,1-2H3,(H,19,20). The van der Waals surface area contributed by atoms with Crippen LogP contribution in [0.15, 0.2) is 21.1 Å². The molecule has 1 aromatic carbocycles. The Labute approximate surface area is 143 Å². The molecular formula is C13H11Br2ClN2O3. The first kappa shape index (κ1) is 16.3. The Morgan fingerprint density at radius 1 is 1.43 bits per heavy atom. The summed E-state index contributed by atoms with van der Waals surface area (Å²) in [5, 5.41) is 13.7. The van der Waals surface area contributed by atoms with Gasteiger partial charge in [-0.1, -0.05) is 11.6 Å². The molecule has 2 rings (SSSR count). The Morgan fingerprint density at radius 2 is 2.00 bits per heavy atom. The minimum Gasteiger partial charge on any atom is -0.486 e. The van der Waals surface area contributed by atoms with Crippen molar-refractivity contribution >= 4 is 49.4 Å². The van der Waals surface area contributed by atoms with Gasteiger partial charge in [-0.2, -0.15) is 5.10 Å². The van der Waals surface area contributed by atoms with Crippen molar-refractivity contribution in [3.8, 4) is 5.75 Å². The molecule has 8 heteroatoms. The molecule has 112 valence electrons. The maximum atomic E-state index is 11.0. The van der Waals surface area contributed by atoms with E-state index in [4.69, 9.17) is 21.4 Å². The van der Waals surface area contributed by atoms with E-state index in [1.165, 1.54) is 12.1 Å². The molecule has 0 unspecified atom stereocenters. The van der Waals surface area contributed by atoms with E-state index < -0.39 is 5.97 Å². The number of carboxylic acid groups (broad SMARTS) is 1. The minimum atomic E-state index is -1.01. The molecule has 0 radical (unpaired) electrons. The molecule has 1 heterocycles.